The first-order valence-electron chi connectivity index (χ1n) is 5.27. The van der Waals surface area contributed by atoms with Crippen molar-refractivity contribution in [2.24, 2.45) is 5.73 Å². The predicted octanol–water partition coefficient (Wildman–Crippen LogP) is 2.77. The van der Waals surface area contributed by atoms with E-state index < -0.39 is 17.7 Å². The lowest BCUT2D eigenvalue weighted by Gasteiger charge is -2.11. The Kier molecular flexibility index (Phi) is 4.16. The number of hydrogen-bond donors (Lipinski definition) is 1. The minimum absolute atomic E-state index is 0.102. The van der Waals surface area contributed by atoms with Crippen molar-refractivity contribution in [2.45, 2.75) is 6.42 Å². The van der Waals surface area contributed by atoms with E-state index in [1.54, 1.807) is 0 Å². The van der Waals surface area contributed by atoms with E-state index in [1.807, 2.05) is 0 Å². The highest BCUT2D eigenvalue weighted by atomic mass is 35.5. The lowest BCUT2D eigenvalue weighted by atomic mass is 10.1. The Morgan fingerprint density at radius 3 is 1.65 bits per heavy atom. The van der Waals surface area contributed by atoms with Crippen molar-refractivity contribution in [3.63, 3.8) is 0 Å². The van der Waals surface area contributed by atoms with Gasteiger partial charge in [0.1, 0.15) is 0 Å². The monoisotopic (exact) mass is 354 g/mol. The van der Waals surface area contributed by atoms with Crippen molar-refractivity contribution >= 4 is 64.1 Å². The van der Waals surface area contributed by atoms with Crippen molar-refractivity contribution in [3.05, 3.63) is 31.2 Å². The molecule has 20 heavy (non-hydrogen) atoms. The van der Waals surface area contributed by atoms with Crippen LogP contribution in [0.4, 0.5) is 0 Å². The maximum Gasteiger partial charge on any atom is 0.263 e. The minimum atomic E-state index is -0.684. The van der Waals surface area contributed by atoms with E-state index >= 15 is 0 Å². The molecule has 0 spiro atoms. The first-order chi connectivity index (χ1) is 9.27. The molecule has 0 radical (unpaired) electrons. The molecule has 0 bridgehead atoms. The Balaban J connectivity index is 2.54. The molecule has 1 aliphatic heterocycles. The molecule has 2 N–H and O–H groups in total. The zero-order valence-electron chi connectivity index (χ0n) is 9.68. The summed E-state index contributed by atoms with van der Waals surface area (Å²) in [5.74, 6) is -2.01. The highest BCUT2D eigenvalue weighted by Gasteiger charge is 2.41. The van der Waals surface area contributed by atoms with Crippen LogP contribution in [0.25, 0.3) is 0 Å². The molecule has 0 aromatic heterocycles. The number of rotatable bonds is 3. The number of nitrogens with zero attached hydrogens (tertiary/aromatic N) is 1. The van der Waals surface area contributed by atoms with Crippen LogP contribution in [0.15, 0.2) is 0 Å². The topological polar surface area (TPSA) is 80.5 Å². The summed E-state index contributed by atoms with van der Waals surface area (Å²) >= 11 is 23.6. The number of imide groups is 1. The Morgan fingerprint density at radius 2 is 1.30 bits per heavy atom. The van der Waals surface area contributed by atoms with Crippen molar-refractivity contribution in [3.8, 4) is 0 Å². The number of halogens is 4. The molecule has 0 saturated carbocycles. The van der Waals surface area contributed by atoms with Gasteiger partial charge < -0.3 is 5.73 Å². The fourth-order valence-electron chi connectivity index (χ4n) is 1.82. The number of fused-ring (bicyclic) bond motifs is 1. The van der Waals surface area contributed by atoms with E-state index in [-0.39, 0.29) is 44.2 Å². The fourth-order valence-corrected chi connectivity index (χ4v) is 2.83. The maximum atomic E-state index is 12.2. The number of carbonyl (C=O) groups excluding carboxylic acids is 3. The molecule has 0 fully saturated rings. The Labute approximate surface area is 133 Å². The summed E-state index contributed by atoms with van der Waals surface area (Å²) < 4.78 is 0. The lowest BCUT2D eigenvalue weighted by molar-refractivity contribution is -0.118. The highest BCUT2D eigenvalue weighted by Crippen LogP contribution is 2.44. The number of amides is 3. The predicted molar refractivity (Wildman–Crippen MR) is 75.7 cm³/mol. The second-order valence-electron chi connectivity index (χ2n) is 3.98. The van der Waals surface area contributed by atoms with Crippen LogP contribution < -0.4 is 5.73 Å². The van der Waals surface area contributed by atoms with Crippen LogP contribution >= 0.6 is 46.4 Å². The Hall–Kier alpha value is -1.01. The molecule has 0 unspecified atom stereocenters. The second kappa shape index (κ2) is 5.41. The van der Waals surface area contributed by atoms with Gasteiger partial charge in [-0.3, -0.25) is 19.3 Å². The summed E-state index contributed by atoms with van der Waals surface area (Å²) in [6, 6.07) is 0. The van der Waals surface area contributed by atoms with Gasteiger partial charge in [0.15, 0.2) is 0 Å². The van der Waals surface area contributed by atoms with Crippen LogP contribution in [-0.4, -0.2) is 29.2 Å². The number of primary amides is 1. The van der Waals surface area contributed by atoms with Crippen molar-refractivity contribution in [1.82, 2.24) is 4.90 Å². The molecular formula is C11H6Cl4N2O3. The first-order valence-corrected chi connectivity index (χ1v) is 6.79. The molecule has 0 saturated heterocycles. The standard InChI is InChI=1S/C11H6Cl4N2O3/c12-6-4-5(7(13)9(15)8(6)14)11(20)17(10(4)19)2-1-3(16)18/h1-2H2,(H2,16,18). The molecule has 0 aliphatic carbocycles. The average Bonchev–Trinajstić information content (AvgIpc) is 2.63. The summed E-state index contributed by atoms with van der Waals surface area (Å²) in [6.07, 6.45) is -0.165. The average molecular weight is 356 g/mol. The van der Waals surface area contributed by atoms with Crippen LogP contribution in [-0.2, 0) is 4.79 Å². The Morgan fingerprint density at radius 1 is 0.900 bits per heavy atom. The molecule has 1 aromatic carbocycles. The number of carbonyl (C=O) groups is 3. The molecule has 5 nitrogen and oxygen atoms in total. The van der Waals surface area contributed by atoms with Crippen LogP contribution in [0.1, 0.15) is 27.1 Å². The quantitative estimate of drug-likeness (QED) is 0.514. The lowest BCUT2D eigenvalue weighted by Crippen LogP contribution is -2.33. The van der Waals surface area contributed by atoms with Crippen LogP contribution in [0.2, 0.25) is 20.1 Å². The van der Waals surface area contributed by atoms with Gasteiger partial charge in [-0.05, 0) is 0 Å². The van der Waals surface area contributed by atoms with E-state index in [2.05, 4.69) is 0 Å². The van der Waals surface area contributed by atoms with E-state index in [1.165, 1.54) is 0 Å². The van der Waals surface area contributed by atoms with Crippen LogP contribution in [0.3, 0.4) is 0 Å². The third-order valence-corrected chi connectivity index (χ3v) is 4.57. The van der Waals surface area contributed by atoms with Gasteiger partial charge in [0.25, 0.3) is 11.8 Å². The van der Waals surface area contributed by atoms with E-state index in [4.69, 9.17) is 52.1 Å². The molecule has 3 amide bonds. The SMILES string of the molecule is NC(=O)CCN1C(=O)c2c(Cl)c(Cl)c(Cl)c(Cl)c2C1=O. The summed E-state index contributed by atoms with van der Waals surface area (Å²) in [5.41, 5.74) is 4.77. The summed E-state index contributed by atoms with van der Waals surface area (Å²) in [5, 5.41) is -0.489. The second-order valence-corrected chi connectivity index (χ2v) is 5.50. The largest absolute Gasteiger partial charge is 0.370 e. The van der Waals surface area contributed by atoms with Gasteiger partial charge in [0.2, 0.25) is 5.91 Å². The van der Waals surface area contributed by atoms with E-state index in [0.29, 0.717) is 0 Å². The third kappa shape index (κ3) is 2.24. The molecule has 1 aromatic rings. The molecule has 1 aliphatic rings. The third-order valence-electron chi connectivity index (χ3n) is 2.77. The van der Waals surface area contributed by atoms with Crippen LogP contribution in [0, 0.1) is 0 Å². The van der Waals surface area contributed by atoms with Gasteiger partial charge in [-0.1, -0.05) is 46.4 Å². The fraction of sp³-hybridized carbons (Fsp3) is 0.182. The van der Waals surface area contributed by atoms with E-state index in [9.17, 15) is 14.4 Å². The molecular weight excluding hydrogens is 350 g/mol. The molecule has 1 heterocycles. The number of benzene rings is 1. The number of hydrogen-bond acceptors (Lipinski definition) is 3. The van der Waals surface area contributed by atoms with Crippen LogP contribution in [0.5, 0.6) is 0 Å². The summed E-state index contributed by atoms with van der Waals surface area (Å²) in [4.78, 5) is 35.9. The van der Waals surface area contributed by atoms with Crippen molar-refractivity contribution < 1.29 is 14.4 Å². The Bertz CT molecular complexity index is 613. The van der Waals surface area contributed by atoms with Crippen molar-refractivity contribution in [2.75, 3.05) is 6.54 Å². The zero-order valence-corrected chi connectivity index (χ0v) is 12.7. The minimum Gasteiger partial charge on any atom is -0.370 e. The van der Waals surface area contributed by atoms with Gasteiger partial charge in [0, 0.05) is 13.0 Å². The van der Waals surface area contributed by atoms with E-state index in [0.717, 1.165) is 4.90 Å². The molecule has 0 atom stereocenters. The molecule has 2 rings (SSSR count). The molecule has 9 heteroatoms. The summed E-state index contributed by atoms with van der Waals surface area (Å²) in [7, 11) is 0. The smallest absolute Gasteiger partial charge is 0.263 e. The van der Waals surface area contributed by atoms with Crippen molar-refractivity contribution in [1.29, 1.82) is 0 Å². The highest BCUT2D eigenvalue weighted by molar-refractivity contribution is 6.55. The molecule has 106 valence electrons. The number of nitrogens with two attached hydrogens (primary N) is 1. The summed E-state index contributed by atoms with van der Waals surface area (Å²) in [6.45, 7) is -0.163. The zero-order chi connectivity index (χ0) is 15.2. The van der Waals surface area contributed by atoms with Gasteiger partial charge >= 0.3 is 0 Å². The normalized spacial score (nSPS) is 13.9. The van der Waals surface area contributed by atoms with Gasteiger partial charge in [-0.25, -0.2) is 0 Å². The van der Waals surface area contributed by atoms with Gasteiger partial charge in [-0.2, -0.15) is 0 Å². The maximum absolute atomic E-state index is 12.2. The van der Waals surface area contributed by atoms with Gasteiger partial charge in [0.05, 0.1) is 31.2 Å². The first kappa shape index (κ1) is 15.4. The van der Waals surface area contributed by atoms with Gasteiger partial charge in [-0.15, -0.1) is 0 Å².